The fourth-order valence-electron chi connectivity index (χ4n) is 3.36. The number of aliphatic imine (C=N–C) groups is 1. The Kier molecular flexibility index (Phi) is 8.30. The third kappa shape index (κ3) is 6.32. The second-order valence-corrected chi connectivity index (χ2v) is 8.20. The maximum absolute atomic E-state index is 5.91. The molecule has 0 spiro atoms. The topological polar surface area (TPSA) is 76.4 Å². The van der Waals surface area contributed by atoms with Gasteiger partial charge in [-0.3, -0.25) is 4.99 Å². The summed E-state index contributed by atoms with van der Waals surface area (Å²) in [6.45, 7) is 10.7. The molecule has 160 valence electrons. The summed E-state index contributed by atoms with van der Waals surface area (Å²) in [5.74, 6) is 3.46. The van der Waals surface area contributed by atoms with Crippen LogP contribution < -0.4 is 15.4 Å². The smallest absolute Gasteiger partial charge is 0.191 e. The Bertz CT molecular complexity index is 827. The van der Waals surface area contributed by atoms with Crippen molar-refractivity contribution < 1.29 is 4.74 Å². The number of nitrogens with zero attached hydrogens (tertiary/aromatic N) is 4. The minimum Gasteiger partial charge on any atom is -0.492 e. The van der Waals surface area contributed by atoms with Crippen LogP contribution in [0, 0.1) is 6.92 Å². The number of halogens is 1. The molecule has 3 rings (SSSR count). The first-order chi connectivity index (χ1) is 13.4. The van der Waals surface area contributed by atoms with Crippen LogP contribution in [0.3, 0.4) is 0 Å². The molecular formula is C21H33IN6O. The Balaban J connectivity index is 0.00000300. The molecule has 1 aliphatic heterocycles. The molecule has 7 nitrogen and oxygen atoms in total. The molecular weight excluding hydrogens is 479 g/mol. The number of aryl methyl sites for hydroxylation is 2. The lowest BCUT2D eigenvalue weighted by molar-refractivity contribution is 0.320. The minimum atomic E-state index is 0. The molecule has 2 aromatic rings. The Morgan fingerprint density at radius 1 is 1.34 bits per heavy atom. The van der Waals surface area contributed by atoms with Crippen molar-refractivity contribution in [3.63, 3.8) is 0 Å². The van der Waals surface area contributed by atoms with Gasteiger partial charge in [0, 0.05) is 13.6 Å². The van der Waals surface area contributed by atoms with Crippen LogP contribution in [0.2, 0.25) is 0 Å². The number of benzene rings is 1. The fraction of sp³-hybridized carbons (Fsp3) is 0.571. The highest BCUT2D eigenvalue weighted by atomic mass is 127. The predicted molar refractivity (Wildman–Crippen MR) is 127 cm³/mol. The Labute approximate surface area is 190 Å². The molecule has 0 bridgehead atoms. The lowest BCUT2D eigenvalue weighted by atomic mass is 9.87. The van der Waals surface area contributed by atoms with Gasteiger partial charge >= 0.3 is 0 Å². The van der Waals surface area contributed by atoms with Crippen molar-refractivity contribution in [2.45, 2.75) is 58.5 Å². The van der Waals surface area contributed by atoms with Gasteiger partial charge in [0.2, 0.25) is 0 Å². The first kappa shape index (κ1) is 23.4. The molecule has 0 radical (unpaired) electrons. The summed E-state index contributed by atoms with van der Waals surface area (Å²) >= 11 is 0. The SMILES string of the molecule is CN=C(NCCOc1cccc(C(C)(C)C)c1)NC1CCCn2nc(C)nc21.I. The quantitative estimate of drug-likeness (QED) is 0.277. The van der Waals surface area contributed by atoms with Crippen LogP contribution in [0.15, 0.2) is 29.3 Å². The zero-order valence-corrected chi connectivity index (χ0v) is 20.4. The Morgan fingerprint density at radius 3 is 2.86 bits per heavy atom. The average molecular weight is 512 g/mol. The number of rotatable bonds is 5. The van der Waals surface area contributed by atoms with Crippen LogP contribution in [-0.2, 0) is 12.0 Å². The molecule has 0 aliphatic carbocycles. The van der Waals surface area contributed by atoms with E-state index in [0.717, 1.165) is 42.7 Å². The Hall–Kier alpha value is -1.84. The monoisotopic (exact) mass is 512 g/mol. The number of ether oxygens (including phenoxy) is 1. The van der Waals surface area contributed by atoms with Crippen LogP contribution in [0.1, 0.15) is 56.9 Å². The molecule has 2 heterocycles. The first-order valence-electron chi connectivity index (χ1n) is 9.98. The lowest BCUT2D eigenvalue weighted by Crippen LogP contribution is -2.42. The van der Waals surface area contributed by atoms with Gasteiger partial charge in [-0.25, -0.2) is 9.67 Å². The highest BCUT2D eigenvalue weighted by Gasteiger charge is 2.24. The van der Waals surface area contributed by atoms with E-state index in [0.29, 0.717) is 13.2 Å². The van der Waals surface area contributed by atoms with Crippen molar-refractivity contribution in [2.24, 2.45) is 4.99 Å². The van der Waals surface area contributed by atoms with Gasteiger partial charge in [-0.2, -0.15) is 5.10 Å². The van der Waals surface area contributed by atoms with Crippen molar-refractivity contribution in [3.05, 3.63) is 41.5 Å². The summed E-state index contributed by atoms with van der Waals surface area (Å²) < 4.78 is 7.91. The van der Waals surface area contributed by atoms with Gasteiger partial charge in [0.05, 0.1) is 12.6 Å². The number of guanidine groups is 1. The van der Waals surface area contributed by atoms with E-state index in [2.05, 4.69) is 58.6 Å². The molecule has 29 heavy (non-hydrogen) atoms. The van der Waals surface area contributed by atoms with E-state index in [1.165, 1.54) is 5.56 Å². The third-order valence-electron chi connectivity index (χ3n) is 4.88. The van der Waals surface area contributed by atoms with Gasteiger partial charge in [-0.1, -0.05) is 32.9 Å². The van der Waals surface area contributed by atoms with Crippen molar-refractivity contribution in [3.8, 4) is 5.75 Å². The van der Waals surface area contributed by atoms with E-state index in [-0.39, 0.29) is 35.4 Å². The van der Waals surface area contributed by atoms with Crippen LogP contribution >= 0.6 is 24.0 Å². The zero-order chi connectivity index (χ0) is 20.1. The molecule has 1 aliphatic rings. The van der Waals surface area contributed by atoms with Crippen molar-refractivity contribution in [2.75, 3.05) is 20.2 Å². The van der Waals surface area contributed by atoms with Crippen LogP contribution in [0.4, 0.5) is 0 Å². The Morgan fingerprint density at radius 2 is 2.14 bits per heavy atom. The maximum Gasteiger partial charge on any atom is 0.191 e. The molecule has 1 aromatic heterocycles. The third-order valence-corrected chi connectivity index (χ3v) is 4.88. The van der Waals surface area contributed by atoms with Gasteiger partial charge in [-0.15, -0.1) is 24.0 Å². The highest BCUT2D eigenvalue weighted by Crippen LogP contribution is 2.25. The van der Waals surface area contributed by atoms with Gasteiger partial charge < -0.3 is 15.4 Å². The van der Waals surface area contributed by atoms with Crippen molar-refractivity contribution in [1.82, 2.24) is 25.4 Å². The number of nitrogens with one attached hydrogen (secondary N) is 2. The summed E-state index contributed by atoms with van der Waals surface area (Å²) in [5.41, 5.74) is 1.38. The van der Waals surface area contributed by atoms with E-state index >= 15 is 0 Å². The zero-order valence-electron chi connectivity index (χ0n) is 18.0. The largest absolute Gasteiger partial charge is 0.492 e. The molecule has 8 heteroatoms. The molecule has 1 unspecified atom stereocenters. The van der Waals surface area contributed by atoms with Gasteiger partial charge in [0.1, 0.15) is 24.0 Å². The lowest BCUT2D eigenvalue weighted by Gasteiger charge is -2.25. The first-order valence-corrected chi connectivity index (χ1v) is 9.98. The summed E-state index contributed by atoms with van der Waals surface area (Å²) in [6, 6.07) is 8.43. The molecule has 1 aromatic carbocycles. The van der Waals surface area contributed by atoms with E-state index < -0.39 is 0 Å². The van der Waals surface area contributed by atoms with Crippen LogP contribution in [-0.4, -0.2) is 40.9 Å². The second kappa shape index (κ2) is 10.3. The maximum atomic E-state index is 5.91. The van der Waals surface area contributed by atoms with E-state index in [1.54, 1.807) is 7.05 Å². The minimum absolute atomic E-state index is 0. The standard InChI is InChI=1S/C21H32N6O.HI/c1-15-24-19-18(10-7-12-27(19)26-15)25-20(22-5)23-11-13-28-17-9-6-8-16(14-17)21(2,3)4;/h6,8-9,14,18H,7,10-13H2,1-5H3,(H2,22,23,25);1H. The summed E-state index contributed by atoms with van der Waals surface area (Å²) in [6.07, 6.45) is 2.10. The number of fused-ring (bicyclic) bond motifs is 1. The van der Waals surface area contributed by atoms with E-state index in [1.807, 2.05) is 23.7 Å². The summed E-state index contributed by atoms with van der Waals surface area (Å²) in [4.78, 5) is 8.90. The average Bonchev–Trinajstić information content (AvgIpc) is 3.05. The molecule has 0 saturated carbocycles. The van der Waals surface area contributed by atoms with Gasteiger partial charge in [-0.05, 0) is 42.9 Å². The molecule has 0 fully saturated rings. The van der Waals surface area contributed by atoms with E-state index in [9.17, 15) is 0 Å². The molecule has 2 N–H and O–H groups in total. The van der Waals surface area contributed by atoms with Crippen molar-refractivity contribution >= 4 is 29.9 Å². The fourth-order valence-corrected chi connectivity index (χ4v) is 3.36. The number of hydrogen-bond donors (Lipinski definition) is 2. The van der Waals surface area contributed by atoms with Gasteiger partial charge in [0.25, 0.3) is 0 Å². The molecule has 0 amide bonds. The summed E-state index contributed by atoms with van der Waals surface area (Å²) in [7, 11) is 1.78. The van der Waals surface area contributed by atoms with Crippen molar-refractivity contribution in [1.29, 1.82) is 0 Å². The van der Waals surface area contributed by atoms with Gasteiger partial charge in [0.15, 0.2) is 5.96 Å². The normalized spacial score (nSPS) is 16.6. The van der Waals surface area contributed by atoms with Crippen LogP contribution in [0.25, 0.3) is 0 Å². The van der Waals surface area contributed by atoms with Crippen LogP contribution in [0.5, 0.6) is 5.75 Å². The summed E-state index contributed by atoms with van der Waals surface area (Å²) in [5, 5.41) is 11.2. The molecule has 1 atom stereocenters. The van der Waals surface area contributed by atoms with E-state index in [4.69, 9.17) is 4.74 Å². The highest BCUT2D eigenvalue weighted by molar-refractivity contribution is 14.0. The second-order valence-electron chi connectivity index (χ2n) is 8.20. The molecule has 0 saturated heterocycles. The number of hydrogen-bond acceptors (Lipinski definition) is 4. The predicted octanol–water partition coefficient (Wildman–Crippen LogP) is 3.58. The number of aromatic nitrogens is 3.